The number of benzene rings is 3. The summed E-state index contributed by atoms with van der Waals surface area (Å²) in [5.41, 5.74) is 2.56. The average Bonchev–Trinajstić information content (AvgIpc) is 3.06. The number of ether oxygens (including phenoxy) is 1. The van der Waals surface area contributed by atoms with E-state index in [2.05, 4.69) is 10.6 Å². The number of nitrogens with one attached hydrogen (secondary N) is 2. The van der Waals surface area contributed by atoms with Gasteiger partial charge in [0.25, 0.3) is 11.8 Å². The molecule has 1 aliphatic rings. The number of para-hydroxylation sites is 1. The first-order valence-electron chi connectivity index (χ1n) is 9.28. The van der Waals surface area contributed by atoms with Gasteiger partial charge < -0.3 is 10.1 Å². The fraction of sp³-hybridized carbons (Fsp3) is 0.0417. The first-order valence-corrected chi connectivity index (χ1v) is 9.28. The van der Waals surface area contributed by atoms with E-state index in [1.807, 2.05) is 18.2 Å². The van der Waals surface area contributed by atoms with E-state index < -0.39 is 11.8 Å². The molecular formula is C24H18N2O4. The van der Waals surface area contributed by atoms with Crippen LogP contribution in [0.4, 0.5) is 5.69 Å². The van der Waals surface area contributed by atoms with E-state index in [9.17, 15) is 14.4 Å². The molecule has 4 rings (SSSR count). The third-order valence-electron chi connectivity index (χ3n) is 4.76. The van der Waals surface area contributed by atoms with Gasteiger partial charge in [0, 0.05) is 22.4 Å². The molecule has 6 heteroatoms. The van der Waals surface area contributed by atoms with Crippen LogP contribution in [0.2, 0.25) is 0 Å². The van der Waals surface area contributed by atoms with Gasteiger partial charge in [-0.2, -0.15) is 0 Å². The average molecular weight is 398 g/mol. The Labute approximate surface area is 173 Å². The number of hydrogen-bond donors (Lipinski definition) is 2. The van der Waals surface area contributed by atoms with Crippen LogP contribution < -0.4 is 15.4 Å². The second-order valence-electron chi connectivity index (χ2n) is 6.63. The van der Waals surface area contributed by atoms with Gasteiger partial charge in [-0.15, -0.1) is 0 Å². The summed E-state index contributed by atoms with van der Waals surface area (Å²) < 4.78 is 5.33. The largest absolute Gasteiger partial charge is 0.496 e. The predicted molar refractivity (Wildman–Crippen MR) is 113 cm³/mol. The molecule has 30 heavy (non-hydrogen) atoms. The van der Waals surface area contributed by atoms with E-state index in [1.54, 1.807) is 60.7 Å². The molecule has 0 unspecified atom stereocenters. The molecule has 0 atom stereocenters. The Bertz CT molecular complexity index is 1170. The lowest BCUT2D eigenvalue weighted by molar-refractivity contribution is -0.123. The Kier molecular flexibility index (Phi) is 5.13. The van der Waals surface area contributed by atoms with Crippen LogP contribution in [0.1, 0.15) is 21.5 Å². The van der Waals surface area contributed by atoms with E-state index in [1.165, 1.54) is 7.11 Å². The van der Waals surface area contributed by atoms with Crippen molar-refractivity contribution in [1.82, 2.24) is 5.32 Å². The first kappa shape index (κ1) is 19.1. The number of hydrogen-bond acceptors (Lipinski definition) is 5. The minimum atomic E-state index is -0.523. The summed E-state index contributed by atoms with van der Waals surface area (Å²) in [6.45, 7) is 0. The summed E-state index contributed by atoms with van der Waals surface area (Å²) in [6.07, 6.45) is 0. The van der Waals surface area contributed by atoms with Crippen LogP contribution in [0.5, 0.6) is 5.75 Å². The highest BCUT2D eigenvalue weighted by Gasteiger charge is 2.33. The van der Waals surface area contributed by atoms with Crippen LogP contribution >= 0.6 is 0 Å². The summed E-state index contributed by atoms with van der Waals surface area (Å²) in [6, 6.07) is 22.7. The van der Waals surface area contributed by atoms with Crippen LogP contribution in [-0.4, -0.2) is 24.7 Å². The van der Waals surface area contributed by atoms with Crippen molar-refractivity contribution in [3.05, 3.63) is 101 Å². The van der Waals surface area contributed by atoms with Gasteiger partial charge >= 0.3 is 0 Å². The van der Waals surface area contributed by atoms with Gasteiger partial charge in [0.05, 0.1) is 12.7 Å². The Morgan fingerprint density at radius 1 is 0.800 bits per heavy atom. The molecular weight excluding hydrogens is 380 g/mol. The normalized spacial score (nSPS) is 13.2. The molecule has 0 saturated carbocycles. The van der Waals surface area contributed by atoms with Crippen molar-refractivity contribution in [2.75, 3.05) is 12.4 Å². The van der Waals surface area contributed by atoms with Gasteiger partial charge in [-0.3, -0.25) is 19.7 Å². The highest BCUT2D eigenvalue weighted by atomic mass is 16.5. The summed E-state index contributed by atoms with van der Waals surface area (Å²) in [4.78, 5) is 37.4. The maximum absolute atomic E-state index is 12.6. The zero-order chi connectivity index (χ0) is 21.1. The topological polar surface area (TPSA) is 84.5 Å². The standard InChI is InChI=1S/C24H18N2O4/c1-30-19-10-6-5-9-18(19)20-21(24(29)26-23(20)28)25-17-13-11-16(12-14-17)22(27)15-7-3-2-4-8-15/h2-14H,1H3,(H2,25,26,28,29). The predicted octanol–water partition coefficient (Wildman–Crippen LogP) is 3.41. The lowest BCUT2D eigenvalue weighted by Crippen LogP contribution is -2.24. The Morgan fingerprint density at radius 3 is 2.13 bits per heavy atom. The SMILES string of the molecule is COc1ccccc1C1=C(Nc2ccc(C(=O)c3ccccc3)cc2)C(=O)NC1=O. The first-order chi connectivity index (χ1) is 14.6. The van der Waals surface area contributed by atoms with Gasteiger partial charge in [0.1, 0.15) is 11.4 Å². The summed E-state index contributed by atoms with van der Waals surface area (Å²) >= 11 is 0. The van der Waals surface area contributed by atoms with E-state index >= 15 is 0 Å². The van der Waals surface area contributed by atoms with Crippen molar-refractivity contribution in [3.63, 3.8) is 0 Å². The second kappa shape index (κ2) is 8.05. The van der Waals surface area contributed by atoms with Crippen LogP contribution in [0.15, 0.2) is 84.6 Å². The lowest BCUT2D eigenvalue weighted by atomic mass is 10.0. The zero-order valence-corrected chi connectivity index (χ0v) is 16.1. The number of carbonyl (C=O) groups is 3. The molecule has 0 radical (unpaired) electrons. The molecule has 0 aliphatic carbocycles. The molecule has 0 bridgehead atoms. The molecule has 0 spiro atoms. The van der Waals surface area contributed by atoms with Crippen LogP contribution in [-0.2, 0) is 9.59 Å². The number of rotatable bonds is 6. The summed E-state index contributed by atoms with van der Waals surface area (Å²) in [5, 5.41) is 5.32. The monoisotopic (exact) mass is 398 g/mol. The van der Waals surface area contributed by atoms with Crippen molar-refractivity contribution >= 4 is 28.9 Å². The molecule has 0 fully saturated rings. The second-order valence-corrected chi connectivity index (χ2v) is 6.63. The maximum atomic E-state index is 12.6. The van der Waals surface area contributed by atoms with Crippen LogP contribution in [0.3, 0.4) is 0 Å². The molecule has 2 N–H and O–H groups in total. The van der Waals surface area contributed by atoms with Crippen LogP contribution in [0.25, 0.3) is 5.57 Å². The number of ketones is 1. The van der Waals surface area contributed by atoms with Gasteiger partial charge in [-0.1, -0.05) is 48.5 Å². The third kappa shape index (κ3) is 3.58. The molecule has 3 aromatic carbocycles. The van der Waals surface area contributed by atoms with Crippen molar-refractivity contribution < 1.29 is 19.1 Å². The van der Waals surface area contributed by atoms with E-state index in [0.717, 1.165) is 0 Å². The number of amides is 2. The number of imide groups is 1. The minimum Gasteiger partial charge on any atom is -0.496 e. The Balaban J connectivity index is 1.65. The van der Waals surface area contributed by atoms with Crippen molar-refractivity contribution in [1.29, 1.82) is 0 Å². The fourth-order valence-electron chi connectivity index (χ4n) is 3.29. The maximum Gasteiger partial charge on any atom is 0.275 e. The smallest absolute Gasteiger partial charge is 0.275 e. The van der Waals surface area contributed by atoms with Gasteiger partial charge in [-0.05, 0) is 30.3 Å². The minimum absolute atomic E-state index is 0.0927. The molecule has 148 valence electrons. The zero-order valence-electron chi connectivity index (χ0n) is 16.1. The molecule has 3 aromatic rings. The highest BCUT2D eigenvalue weighted by Crippen LogP contribution is 2.31. The molecule has 1 heterocycles. The van der Waals surface area contributed by atoms with E-state index in [-0.39, 0.29) is 17.1 Å². The molecule has 1 aliphatic heterocycles. The van der Waals surface area contributed by atoms with Gasteiger partial charge in [0.15, 0.2) is 5.78 Å². The van der Waals surface area contributed by atoms with E-state index in [0.29, 0.717) is 28.1 Å². The number of methoxy groups -OCH3 is 1. The molecule has 2 amide bonds. The lowest BCUT2D eigenvalue weighted by Gasteiger charge is -2.11. The fourth-order valence-corrected chi connectivity index (χ4v) is 3.29. The van der Waals surface area contributed by atoms with Crippen molar-refractivity contribution in [2.45, 2.75) is 0 Å². The summed E-state index contributed by atoms with van der Waals surface area (Å²) in [7, 11) is 1.50. The third-order valence-corrected chi connectivity index (χ3v) is 4.76. The number of anilines is 1. The number of carbonyl (C=O) groups excluding carboxylic acids is 3. The van der Waals surface area contributed by atoms with Crippen molar-refractivity contribution in [2.24, 2.45) is 0 Å². The quantitative estimate of drug-likeness (QED) is 0.491. The van der Waals surface area contributed by atoms with Crippen LogP contribution in [0, 0.1) is 0 Å². The summed E-state index contributed by atoms with van der Waals surface area (Å²) in [5.74, 6) is -0.626. The highest BCUT2D eigenvalue weighted by molar-refractivity contribution is 6.37. The molecule has 0 saturated heterocycles. The van der Waals surface area contributed by atoms with Gasteiger partial charge in [-0.25, -0.2) is 0 Å². The Hall–Kier alpha value is -4.19. The Morgan fingerprint density at radius 2 is 1.43 bits per heavy atom. The van der Waals surface area contributed by atoms with Gasteiger partial charge in [0.2, 0.25) is 0 Å². The molecule has 6 nitrogen and oxygen atoms in total. The van der Waals surface area contributed by atoms with Crippen molar-refractivity contribution in [3.8, 4) is 5.75 Å². The molecule has 0 aromatic heterocycles. The van der Waals surface area contributed by atoms with E-state index in [4.69, 9.17) is 4.74 Å².